The van der Waals surface area contributed by atoms with Gasteiger partial charge in [-0.15, -0.1) is 0 Å². The third-order valence-corrected chi connectivity index (χ3v) is 2.25. The first-order valence-electron chi connectivity index (χ1n) is 4.21. The Morgan fingerprint density at radius 1 is 1.09 bits per heavy atom. The quantitative estimate of drug-likeness (QED) is 0.567. The Hall–Kier alpha value is -0.170. The van der Waals surface area contributed by atoms with Crippen LogP contribution in [0.3, 0.4) is 0 Å². The van der Waals surface area contributed by atoms with E-state index < -0.39 is 0 Å². The fraction of sp³-hybridized carbons (Fsp3) is 0.600. The molecule has 0 spiro atoms. The molecule has 0 aromatic carbocycles. The lowest BCUT2D eigenvalue weighted by Crippen LogP contribution is -1.90. The topological polar surface area (TPSA) is 0 Å². The van der Waals surface area contributed by atoms with Crippen molar-refractivity contribution in [3.05, 3.63) is 24.3 Å². The second-order valence-corrected chi connectivity index (χ2v) is 3.39. The van der Waals surface area contributed by atoms with Crippen LogP contribution in [0.1, 0.15) is 26.7 Å². The Morgan fingerprint density at radius 2 is 1.55 bits per heavy atom. The molecule has 0 radical (unpaired) electrons. The molecule has 0 saturated carbocycles. The van der Waals surface area contributed by atoms with E-state index in [1.807, 2.05) is 11.8 Å². The van der Waals surface area contributed by atoms with Gasteiger partial charge in [-0.3, -0.25) is 0 Å². The average Bonchev–Trinajstić information content (AvgIpc) is 2.05. The maximum absolute atomic E-state index is 2.26. The summed E-state index contributed by atoms with van der Waals surface area (Å²) < 4.78 is 0. The lowest BCUT2D eigenvalue weighted by atomic mass is 10.3. The molecule has 0 saturated heterocycles. The molecule has 0 nitrogen and oxygen atoms in total. The summed E-state index contributed by atoms with van der Waals surface area (Å²) in [5.74, 6) is 0. The Bertz CT molecular complexity index is 111. The molecule has 0 aliphatic carbocycles. The third-order valence-electron chi connectivity index (χ3n) is 1.40. The predicted molar refractivity (Wildman–Crippen MR) is 56.2 cm³/mol. The van der Waals surface area contributed by atoms with Crippen molar-refractivity contribution < 1.29 is 0 Å². The van der Waals surface area contributed by atoms with Gasteiger partial charge < -0.3 is 0 Å². The van der Waals surface area contributed by atoms with Gasteiger partial charge in [0.1, 0.15) is 0 Å². The van der Waals surface area contributed by atoms with Gasteiger partial charge in [0.25, 0.3) is 0 Å². The third kappa shape index (κ3) is 6.24. The fourth-order valence-electron chi connectivity index (χ4n) is 0.762. The van der Waals surface area contributed by atoms with Gasteiger partial charge in [0.2, 0.25) is 0 Å². The van der Waals surface area contributed by atoms with E-state index in [0.29, 0.717) is 5.25 Å². The van der Waals surface area contributed by atoms with E-state index in [0.717, 1.165) is 12.8 Å². The van der Waals surface area contributed by atoms with Crippen LogP contribution >= 0.6 is 11.8 Å². The summed E-state index contributed by atoms with van der Waals surface area (Å²) in [4.78, 5) is 0. The van der Waals surface area contributed by atoms with Crippen molar-refractivity contribution in [1.82, 2.24) is 0 Å². The lowest BCUT2D eigenvalue weighted by molar-refractivity contribution is 1.18. The van der Waals surface area contributed by atoms with E-state index in [1.165, 1.54) is 0 Å². The zero-order valence-corrected chi connectivity index (χ0v) is 8.53. The van der Waals surface area contributed by atoms with E-state index >= 15 is 0 Å². The van der Waals surface area contributed by atoms with Gasteiger partial charge in [-0.2, -0.15) is 11.8 Å². The number of hydrogen-bond acceptors (Lipinski definition) is 1. The highest BCUT2D eigenvalue weighted by molar-refractivity contribution is 7.99. The van der Waals surface area contributed by atoms with Crippen molar-refractivity contribution in [1.29, 1.82) is 0 Å². The van der Waals surface area contributed by atoms with Crippen LogP contribution < -0.4 is 0 Å². The second kappa shape index (κ2) is 7.93. The number of rotatable bonds is 5. The lowest BCUT2D eigenvalue weighted by Gasteiger charge is -2.01. The molecule has 1 heteroatoms. The molecule has 0 aromatic heterocycles. The SMILES string of the molecule is CCC=CC(C=CCC)SC. The molecule has 0 aliphatic rings. The molecular formula is C10H18S. The van der Waals surface area contributed by atoms with Gasteiger partial charge >= 0.3 is 0 Å². The van der Waals surface area contributed by atoms with Crippen molar-refractivity contribution in [3.8, 4) is 0 Å². The van der Waals surface area contributed by atoms with E-state index in [1.54, 1.807) is 0 Å². The first kappa shape index (κ1) is 10.8. The minimum atomic E-state index is 0.579. The molecule has 0 N–H and O–H groups in total. The summed E-state index contributed by atoms with van der Waals surface area (Å²) in [7, 11) is 0. The molecule has 0 fully saturated rings. The van der Waals surface area contributed by atoms with E-state index in [2.05, 4.69) is 44.4 Å². The molecule has 0 aliphatic heterocycles. The van der Waals surface area contributed by atoms with Gasteiger partial charge in [0.05, 0.1) is 0 Å². The van der Waals surface area contributed by atoms with E-state index in [9.17, 15) is 0 Å². The summed E-state index contributed by atoms with van der Waals surface area (Å²) in [6, 6.07) is 0. The highest BCUT2D eigenvalue weighted by Crippen LogP contribution is 2.10. The summed E-state index contributed by atoms with van der Waals surface area (Å²) in [6.45, 7) is 4.33. The molecule has 0 rings (SSSR count). The van der Waals surface area contributed by atoms with Crippen LogP contribution in [0, 0.1) is 0 Å². The molecule has 0 heterocycles. The highest BCUT2D eigenvalue weighted by atomic mass is 32.2. The zero-order chi connectivity index (χ0) is 8.53. The number of hydrogen-bond donors (Lipinski definition) is 0. The summed E-state index contributed by atoms with van der Waals surface area (Å²) >= 11 is 1.88. The predicted octanol–water partition coefficient (Wildman–Crippen LogP) is 3.65. The molecule has 0 amide bonds. The summed E-state index contributed by atoms with van der Waals surface area (Å²) in [5.41, 5.74) is 0. The Kier molecular flexibility index (Phi) is 7.81. The van der Waals surface area contributed by atoms with Crippen molar-refractivity contribution in [2.45, 2.75) is 31.9 Å². The van der Waals surface area contributed by atoms with Crippen LogP contribution in [-0.2, 0) is 0 Å². The smallest absolute Gasteiger partial charge is 0.0404 e. The van der Waals surface area contributed by atoms with Crippen molar-refractivity contribution >= 4 is 11.8 Å². The van der Waals surface area contributed by atoms with Crippen LogP contribution in [0.2, 0.25) is 0 Å². The maximum atomic E-state index is 2.26. The van der Waals surface area contributed by atoms with Crippen LogP contribution in [-0.4, -0.2) is 11.5 Å². The maximum Gasteiger partial charge on any atom is 0.0404 e. The van der Waals surface area contributed by atoms with E-state index in [4.69, 9.17) is 0 Å². The molecule has 64 valence electrons. The van der Waals surface area contributed by atoms with Gasteiger partial charge in [0, 0.05) is 5.25 Å². The van der Waals surface area contributed by atoms with Crippen LogP contribution in [0.5, 0.6) is 0 Å². The molecule has 0 bridgehead atoms. The number of thioether (sulfide) groups is 1. The van der Waals surface area contributed by atoms with Crippen LogP contribution in [0.25, 0.3) is 0 Å². The number of allylic oxidation sites excluding steroid dienone is 2. The molecule has 11 heavy (non-hydrogen) atoms. The van der Waals surface area contributed by atoms with Crippen molar-refractivity contribution in [2.24, 2.45) is 0 Å². The zero-order valence-electron chi connectivity index (χ0n) is 7.71. The molecular weight excluding hydrogens is 152 g/mol. The normalized spacial score (nSPS) is 14.8. The second-order valence-electron chi connectivity index (χ2n) is 2.37. The van der Waals surface area contributed by atoms with Gasteiger partial charge in [-0.1, -0.05) is 38.2 Å². The molecule has 0 aromatic rings. The van der Waals surface area contributed by atoms with Gasteiger partial charge in [-0.25, -0.2) is 0 Å². The first-order chi connectivity index (χ1) is 5.35. The molecule has 0 unspecified atom stereocenters. The van der Waals surface area contributed by atoms with Crippen LogP contribution in [0.4, 0.5) is 0 Å². The fourth-order valence-corrected chi connectivity index (χ4v) is 1.30. The summed E-state index contributed by atoms with van der Waals surface area (Å²) in [5, 5.41) is 0.579. The van der Waals surface area contributed by atoms with Gasteiger partial charge in [-0.05, 0) is 19.1 Å². The monoisotopic (exact) mass is 170 g/mol. The average molecular weight is 170 g/mol. The van der Waals surface area contributed by atoms with E-state index in [-0.39, 0.29) is 0 Å². The highest BCUT2D eigenvalue weighted by Gasteiger charge is 1.93. The standard InChI is InChI=1S/C10H18S/c1-4-6-8-10(11-3)9-7-5-2/h6-10H,4-5H2,1-3H3. The minimum absolute atomic E-state index is 0.579. The Morgan fingerprint density at radius 3 is 1.82 bits per heavy atom. The van der Waals surface area contributed by atoms with Crippen molar-refractivity contribution in [3.63, 3.8) is 0 Å². The van der Waals surface area contributed by atoms with Crippen molar-refractivity contribution in [2.75, 3.05) is 6.26 Å². The minimum Gasteiger partial charge on any atom is -0.154 e. The van der Waals surface area contributed by atoms with Crippen LogP contribution in [0.15, 0.2) is 24.3 Å². The summed E-state index contributed by atoms with van der Waals surface area (Å²) in [6.07, 6.45) is 13.4. The Balaban J connectivity index is 3.75. The first-order valence-corrected chi connectivity index (χ1v) is 5.50. The van der Waals surface area contributed by atoms with Gasteiger partial charge in [0.15, 0.2) is 0 Å². The largest absolute Gasteiger partial charge is 0.154 e. The molecule has 0 atom stereocenters. The Labute approximate surface area is 74.8 Å².